The van der Waals surface area contributed by atoms with E-state index in [1.807, 2.05) is 0 Å². The van der Waals surface area contributed by atoms with E-state index in [0.717, 1.165) is 25.7 Å². The van der Waals surface area contributed by atoms with Gasteiger partial charge in [-0.25, -0.2) is 4.79 Å². The van der Waals surface area contributed by atoms with Gasteiger partial charge < -0.3 is 20.9 Å². The van der Waals surface area contributed by atoms with Crippen LogP contribution in [0.1, 0.15) is 51.4 Å². The first kappa shape index (κ1) is 15.8. The molecule has 0 saturated heterocycles. The Bertz CT molecular complexity index is 290. The van der Waals surface area contributed by atoms with E-state index >= 15 is 0 Å². The van der Waals surface area contributed by atoms with Crippen LogP contribution in [-0.2, 0) is 9.53 Å². The molecule has 0 spiro atoms. The third-order valence-electron chi connectivity index (χ3n) is 3.35. The second-order valence-corrected chi connectivity index (χ2v) is 5.03. The van der Waals surface area contributed by atoms with Crippen molar-refractivity contribution < 1.29 is 19.4 Å². The molecule has 0 radical (unpaired) electrons. The number of carboxylic acid groups (broad SMARTS) is 1. The van der Waals surface area contributed by atoms with Crippen LogP contribution >= 0.6 is 0 Å². The van der Waals surface area contributed by atoms with Crippen LogP contribution in [0.15, 0.2) is 0 Å². The van der Waals surface area contributed by atoms with Crippen LogP contribution in [0.5, 0.6) is 0 Å². The van der Waals surface area contributed by atoms with Gasteiger partial charge in [-0.2, -0.15) is 0 Å². The molecule has 1 rings (SSSR count). The lowest BCUT2D eigenvalue weighted by atomic mass is 9.98. The Morgan fingerprint density at radius 3 is 2.58 bits per heavy atom. The van der Waals surface area contributed by atoms with Gasteiger partial charge >= 0.3 is 12.1 Å². The lowest BCUT2D eigenvalue weighted by Gasteiger charge is -2.21. The smallest absolute Gasteiger partial charge is 0.407 e. The van der Waals surface area contributed by atoms with Gasteiger partial charge in [0.1, 0.15) is 12.1 Å². The molecular formula is C13H24N2O4. The van der Waals surface area contributed by atoms with E-state index < -0.39 is 12.0 Å². The average molecular weight is 272 g/mol. The van der Waals surface area contributed by atoms with Crippen molar-refractivity contribution in [2.24, 2.45) is 5.73 Å². The fourth-order valence-corrected chi connectivity index (χ4v) is 2.18. The Morgan fingerprint density at radius 2 is 1.95 bits per heavy atom. The van der Waals surface area contributed by atoms with Crippen molar-refractivity contribution >= 4 is 12.1 Å². The number of aliphatic carboxylic acids is 1. The molecular weight excluding hydrogens is 248 g/mol. The number of carboxylic acids is 1. The van der Waals surface area contributed by atoms with Crippen molar-refractivity contribution in [1.29, 1.82) is 0 Å². The fourth-order valence-electron chi connectivity index (χ4n) is 2.18. The number of carbonyl (C=O) groups is 2. The van der Waals surface area contributed by atoms with Crippen molar-refractivity contribution in [1.82, 2.24) is 5.32 Å². The SMILES string of the molecule is N[C@@H](CCCCNC(=O)OC1CCCCC1)C(=O)O. The molecule has 6 heteroatoms. The topological polar surface area (TPSA) is 102 Å². The summed E-state index contributed by atoms with van der Waals surface area (Å²) in [4.78, 5) is 21.9. The van der Waals surface area contributed by atoms with Gasteiger partial charge in [0.05, 0.1) is 0 Å². The Balaban J connectivity index is 1.99. The van der Waals surface area contributed by atoms with Crippen molar-refractivity contribution in [3.8, 4) is 0 Å². The molecule has 1 amide bonds. The minimum absolute atomic E-state index is 0.0641. The third kappa shape index (κ3) is 7.00. The monoisotopic (exact) mass is 272 g/mol. The number of hydrogen-bond donors (Lipinski definition) is 3. The highest BCUT2D eigenvalue weighted by Crippen LogP contribution is 2.20. The summed E-state index contributed by atoms with van der Waals surface area (Å²) in [5, 5.41) is 11.3. The van der Waals surface area contributed by atoms with Crippen LogP contribution in [0, 0.1) is 0 Å². The molecule has 1 aliphatic rings. The zero-order valence-electron chi connectivity index (χ0n) is 11.3. The second-order valence-electron chi connectivity index (χ2n) is 5.03. The maximum atomic E-state index is 11.5. The Labute approximate surface area is 113 Å². The maximum absolute atomic E-state index is 11.5. The number of ether oxygens (including phenoxy) is 1. The minimum Gasteiger partial charge on any atom is -0.480 e. The zero-order valence-corrected chi connectivity index (χ0v) is 11.3. The van der Waals surface area contributed by atoms with Crippen molar-refractivity contribution in [2.75, 3.05) is 6.54 Å². The first-order chi connectivity index (χ1) is 9.09. The molecule has 6 nitrogen and oxygen atoms in total. The molecule has 1 saturated carbocycles. The van der Waals surface area contributed by atoms with Crippen LogP contribution < -0.4 is 11.1 Å². The number of amides is 1. The normalized spacial score (nSPS) is 17.7. The molecule has 0 aromatic heterocycles. The van der Waals surface area contributed by atoms with Crippen molar-refractivity contribution in [3.05, 3.63) is 0 Å². The number of nitrogens with two attached hydrogens (primary N) is 1. The lowest BCUT2D eigenvalue weighted by molar-refractivity contribution is -0.138. The highest BCUT2D eigenvalue weighted by Gasteiger charge is 2.17. The van der Waals surface area contributed by atoms with Crippen LogP contribution in [0.25, 0.3) is 0 Å². The fraction of sp³-hybridized carbons (Fsp3) is 0.846. The maximum Gasteiger partial charge on any atom is 0.407 e. The number of nitrogens with one attached hydrogen (secondary N) is 1. The average Bonchev–Trinajstić information content (AvgIpc) is 2.39. The van der Waals surface area contributed by atoms with Gasteiger partial charge in [0, 0.05) is 6.54 Å². The number of alkyl carbamates (subject to hydrolysis) is 1. The summed E-state index contributed by atoms with van der Waals surface area (Å²) in [5.41, 5.74) is 5.37. The molecule has 1 aliphatic carbocycles. The summed E-state index contributed by atoms with van der Waals surface area (Å²) in [6, 6.07) is -0.811. The predicted molar refractivity (Wildman–Crippen MR) is 70.8 cm³/mol. The highest BCUT2D eigenvalue weighted by molar-refractivity contribution is 5.72. The molecule has 1 fully saturated rings. The van der Waals surface area contributed by atoms with E-state index in [0.29, 0.717) is 25.8 Å². The largest absolute Gasteiger partial charge is 0.480 e. The molecule has 110 valence electrons. The van der Waals surface area contributed by atoms with Crippen molar-refractivity contribution in [3.63, 3.8) is 0 Å². The van der Waals surface area contributed by atoms with E-state index in [9.17, 15) is 9.59 Å². The van der Waals surface area contributed by atoms with Gasteiger partial charge in [-0.1, -0.05) is 6.42 Å². The summed E-state index contributed by atoms with van der Waals surface area (Å²) in [5.74, 6) is -0.982. The molecule has 0 aliphatic heterocycles. The van der Waals surface area contributed by atoms with Crippen LogP contribution in [0.2, 0.25) is 0 Å². The minimum atomic E-state index is -0.982. The quantitative estimate of drug-likeness (QED) is 0.611. The van der Waals surface area contributed by atoms with Gasteiger partial charge in [-0.15, -0.1) is 0 Å². The first-order valence-corrected chi connectivity index (χ1v) is 7.02. The standard InChI is InChI=1S/C13H24N2O4/c14-11(12(16)17)8-4-5-9-15-13(18)19-10-6-2-1-3-7-10/h10-11H,1-9,14H2,(H,15,18)(H,16,17)/t11-/m0/s1. The van der Waals surface area contributed by atoms with E-state index in [1.165, 1.54) is 6.42 Å². The molecule has 19 heavy (non-hydrogen) atoms. The Kier molecular flexibility index (Phi) is 7.25. The van der Waals surface area contributed by atoms with E-state index in [4.69, 9.17) is 15.6 Å². The lowest BCUT2D eigenvalue weighted by Crippen LogP contribution is -2.32. The van der Waals surface area contributed by atoms with E-state index in [2.05, 4.69) is 5.32 Å². The van der Waals surface area contributed by atoms with Crippen LogP contribution in [0.4, 0.5) is 4.79 Å². The molecule has 0 aromatic rings. The number of unbranched alkanes of at least 4 members (excludes halogenated alkanes) is 1. The molecule has 1 atom stereocenters. The van der Waals surface area contributed by atoms with E-state index in [1.54, 1.807) is 0 Å². The highest BCUT2D eigenvalue weighted by atomic mass is 16.6. The number of carbonyl (C=O) groups excluding carboxylic acids is 1. The number of hydrogen-bond acceptors (Lipinski definition) is 4. The summed E-state index contributed by atoms with van der Waals surface area (Å²) >= 11 is 0. The van der Waals surface area contributed by atoms with Crippen LogP contribution in [-0.4, -0.2) is 35.9 Å². The molecule has 4 N–H and O–H groups in total. The molecule has 0 unspecified atom stereocenters. The third-order valence-corrected chi connectivity index (χ3v) is 3.35. The van der Waals surface area contributed by atoms with Gasteiger partial charge in [0.2, 0.25) is 0 Å². The summed E-state index contributed by atoms with van der Waals surface area (Å²) < 4.78 is 5.29. The predicted octanol–water partition coefficient (Wildman–Crippen LogP) is 1.63. The number of rotatable bonds is 7. The van der Waals surface area contributed by atoms with Gasteiger partial charge in [-0.05, 0) is 44.9 Å². The summed E-state index contributed by atoms with van der Waals surface area (Å²) in [6.07, 6.45) is 6.92. The summed E-state index contributed by atoms with van der Waals surface area (Å²) in [6.45, 7) is 0.498. The van der Waals surface area contributed by atoms with Gasteiger partial charge in [-0.3, -0.25) is 4.79 Å². The molecule has 0 bridgehead atoms. The van der Waals surface area contributed by atoms with Gasteiger partial charge in [0.15, 0.2) is 0 Å². The van der Waals surface area contributed by atoms with E-state index in [-0.39, 0.29) is 12.2 Å². The zero-order chi connectivity index (χ0) is 14.1. The Hall–Kier alpha value is -1.30. The van der Waals surface area contributed by atoms with Gasteiger partial charge in [0.25, 0.3) is 0 Å². The second kappa shape index (κ2) is 8.74. The molecule has 0 aromatic carbocycles. The molecule has 0 heterocycles. The first-order valence-electron chi connectivity index (χ1n) is 7.02. The summed E-state index contributed by atoms with van der Waals surface area (Å²) in [7, 11) is 0. The van der Waals surface area contributed by atoms with Crippen LogP contribution in [0.3, 0.4) is 0 Å². The Morgan fingerprint density at radius 1 is 1.26 bits per heavy atom. The van der Waals surface area contributed by atoms with Crippen molar-refractivity contribution in [2.45, 2.75) is 63.5 Å².